The third-order valence-electron chi connectivity index (χ3n) is 3.48. The third kappa shape index (κ3) is 3.37. The van der Waals surface area contributed by atoms with E-state index in [2.05, 4.69) is 20.9 Å². The zero-order valence-corrected chi connectivity index (χ0v) is 14.9. The molecule has 0 amide bonds. The molecule has 2 aromatic carbocycles. The Morgan fingerprint density at radius 1 is 1.08 bits per heavy atom. The van der Waals surface area contributed by atoms with Crippen molar-refractivity contribution in [2.45, 2.75) is 11.3 Å². The molecule has 0 spiro atoms. The molecule has 1 aromatic heterocycles. The fourth-order valence-electron chi connectivity index (χ4n) is 2.37. The van der Waals surface area contributed by atoms with Gasteiger partial charge in [-0.15, -0.1) is 0 Å². The van der Waals surface area contributed by atoms with Gasteiger partial charge in [0.25, 0.3) is 0 Å². The number of hydrogen-bond donors (Lipinski definition) is 0. The van der Waals surface area contributed by atoms with Gasteiger partial charge in [-0.3, -0.25) is 4.57 Å². The van der Waals surface area contributed by atoms with Gasteiger partial charge in [-0.05, 0) is 36.6 Å². The Morgan fingerprint density at radius 3 is 2.42 bits per heavy atom. The lowest BCUT2D eigenvalue weighted by molar-refractivity contribution is -0.137. The van der Waals surface area contributed by atoms with Crippen LogP contribution in [0.1, 0.15) is 5.56 Å². The minimum absolute atomic E-state index is 0.435. The Balaban J connectivity index is 2.17. The summed E-state index contributed by atoms with van der Waals surface area (Å²) in [4.78, 5) is 4.33. The molecule has 3 rings (SSSR count). The monoisotopic (exact) mass is 412 g/mol. The van der Waals surface area contributed by atoms with Crippen molar-refractivity contribution < 1.29 is 13.2 Å². The first-order chi connectivity index (χ1) is 11.4. The van der Waals surface area contributed by atoms with Crippen LogP contribution in [0.3, 0.4) is 0 Å². The molecule has 0 bridgehead atoms. The van der Waals surface area contributed by atoms with Crippen LogP contribution in [-0.2, 0) is 6.18 Å². The van der Waals surface area contributed by atoms with Crippen molar-refractivity contribution in [1.29, 1.82) is 0 Å². The van der Waals surface area contributed by atoms with Gasteiger partial charge in [0, 0.05) is 15.7 Å². The van der Waals surface area contributed by atoms with Gasteiger partial charge < -0.3 is 0 Å². The molecule has 3 aromatic rings. The summed E-state index contributed by atoms with van der Waals surface area (Å²) in [5.74, 6) is 0. The van der Waals surface area contributed by atoms with E-state index < -0.39 is 11.7 Å². The molecule has 0 saturated carbocycles. The van der Waals surface area contributed by atoms with Crippen molar-refractivity contribution in [2.75, 3.05) is 6.26 Å². The molecule has 0 unspecified atom stereocenters. The normalized spacial score (nSPS) is 11.7. The number of nitrogens with zero attached hydrogens (tertiary/aromatic N) is 2. The van der Waals surface area contributed by atoms with Crippen LogP contribution in [-0.4, -0.2) is 15.8 Å². The number of alkyl halides is 3. The second-order valence-corrected chi connectivity index (χ2v) is 6.71. The first-order valence-electron chi connectivity index (χ1n) is 6.95. The summed E-state index contributed by atoms with van der Waals surface area (Å²) in [6, 6.07) is 12.8. The highest BCUT2D eigenvalue weighted by Crippen LogP contribution is 2.34. The van der Waals surface area contributed by atoms with Gasteiger partial charge in [0.05, 0.1) is 17.5 Å². The molecule has 0 atom stereocenters. The molecule has 0 saturated heterocycles. The molecule has 0 fully saturated rings. The predicted molar refractivity (Wildman–Crippen MR) is 93.5 cm³/mol. The van der Waals surface area contributed by atoms with E-state index in [1.165, 1.54) is 17.8 Å². The van der Waals surface area contributed by atoms with Crippen LogP contribution < -0.4 is 0 Å². The van der Waals surface area contributed by atoms with Crippen molar-refractivity contribution in [1.82, 2.24) is 9.55 Å². The highest BCUT2D eigenvalue weighted by molar-refractivity contribution is 9.10. The van der Waals surface area contributed by atoms with Crippen LogP contribution in [0.2, 0.25) is 0 Å². The van der Waals surface area contributed by atoms with Gasteiger partial charge in [0.1, 0.15) is 0 Å². The highest BCUT2D eigenvalue weighted by Gasteiger charge is 2.30. The molecule has 0 aliphatic carbocycles. The smallest absolute Gasteiger partial charge is 0.287 e. The largest absolute Gasteiger partial charge is 0.416 e. The van der Waals surface area contributed by atoms with Crippen molar-refractivity contribution >= 4 is 27.7 Å². The average Bonchev–Trinajstić information content (AvgIpc) is 2.99. The lowest BCUT2D eigenvalue weighted by Crippen LogP contribution is -2.07. The van der Waals surface area contributed by atoms with Gasteiger partial charge in [-0.2, -0.15) is 13.2 Å². The maximum atomic E-state index is 13.0. The van der Waals surface area contributed by atoms with Crippen LogP contribution in [0.5, 0.6) is 0 Å². The molecule has 24 heavy (non-hydrogen) atoms. The molecule has 1 heterocycles. The van der Waals surface area contributed by atoms with Gasteiger partial charge in [0.2, 0.25) is 0 Å². The standard InChI is InChI=1S/C17H12BrF3N2S/c1-24-16-22-10-15(11-5-7-13(18)8-6-11)23(16)14-4-2-3-12(9-14)17(19,20)21/h2-10H,1H3. The van der Waals surface area contributed by atoms with Crippen molar-refractivity contribution in [3.8, 4) is 16.9 Å². The summed E-state index contributed by atoms with van der Waals surface area (Å²) in [6.45, 7) is 0. The van der Waals surface area contributed by atoms with E-state index in [9.17, 15) is 13.2 Å². The average molecular weight is 413 g/mol. The summed E-state index contributed by atoms with van der Waals surface area (Å²) in [7, 11) is 0. The maximum absolute atomic E-state index is 13.0. The Bertz CT molecular complexity index is 857. The minimum atomic E-state index is -4.38. The van der Waals surface area contributed by atoms with E-state index in [0.29, 0.717) is 10.8 Å². The summed E-state index contributed by atoms with van der Waals surface area (Å²) >= 11 is 4.76. The first-order valence-corrected chi connectivity index (χ1v) is 8.97. The Kier molecular flexibility index (Phi) is 4.73. The number of hydrogen-bond acceptors (Lipinski definition) is 2. The second-order valence-electron chi connectivity index (χ2n) is 5.02. The highest BCUT2D eigenvalue weighted by atomic mass is 79.9. The quantitative estimate of drug-likeness (QED) is 0.487. The molecule has 0 aliphatic rings. The predicted octanol–water partition coefficient (Wildman–Crippen LogP) is 6.04. The van der Waals surface area contributed by atoms with Gasteiger partial charge in [-0.25, -0.2) is 4.98 Å². The molecule has 0 aliphatic heterocycles. The number of thioether (sulfide) groups is 1. The molecule has 0 N–H and O–H groups in total. The number of imidazole rings is 1. The number of benzene rings is 2. The zero-order valence-electron chi connectivity index (χ0n) is 12.5. The van der Waals surface area contributed by atoms with E-state index in [1.807, 2.05) is 30.5 Å². The van der Waals surface area contributed by atoms with Crippen LogP contribution in [0.25, 0.3) is 16.9 Å². The van der Waals surface area contributed by atoms with Crippen molar-refractivity contribution in [2.24, 2.45) is 0 Å². The van der Waals surface area contributed by atoms with Gasteiger partial charge in [0.15, 0.2) is 5.16 Å². The first kappa shape index (κ1) is 17.1. The lowest BCUT2D eigenvalue weighted by Gasteiger charge is -2.14. The van der Waals surface area contributed by atoms with E-state index in [0.717, 1.165) is 27.9 Å². The Labute approximate surface area is 149 Å². The Hall–Kier alpha value is -1.73. The van der Waals surface area contributed by atoms with Crippen LogP contribution in [0.4, 0.5) is 13.2 Å². The summed E-state index contributed by atoms with van der Waals surface area (Å²) in [5, 5.41) is 0.632. The van der Waals surface area contributed by atoms with Crippen LogP contribution in [0.15, 0.2) is 64.4 Å². The van der Waals surface area contributed by atoms with Crippen LogP contribution >= 0.6 is 27.7 Å². The molecule has 0 radical (unpaired) electrons. The van der Waals surface area contributed by atoms with Crippen molar-refractivity contribution in [3.63, 3.8) is 0 Å². The number of aromatic nitrogens is 2. The third-order valence-corrected chi connectivity index (χ3v) is 4.67. The number of rotatable bonds is 3. The lowest BCUT2D eigenvalue weighted by atomic mass is 10.1. The molecule has 2 nitrogen and oxygen atoms in total. The van der Waals surface area contributed by atoms with Crippen LogP contribution in [0, 0.1) is 0 Å². The topological polar surface area (TPSA) is 17.8 Å². The van der Waals surface area contributed by atoms with E-state index in [1.54, 1.807) is 16.8 Å². The fraction of sp³-hybridized carbons (Fsp3) is 0.118. The maximum Gasteiger partial charge on any atom is 0.416 e. The number of halogens is 4. The van der Waals surface area contributed by atoms with Gasteiger partial charge in [-0.1, -0.05) is 45.9 Å². The Morgan fingerprint density at radius 2 is 1.79 bits per heavy atom. The molecular weight excluding hydrogens is 401 g/mol. The minimum Gasteiger partial charge on any atom is -0.287 e. The second kappa shape index (κ2) is 6.64. The molecule has 7 heteroatoms. The summed E-state index contributed by atoms with van der Waals surface area (Å²) in [6.07, 6.45) is -0.860. The van der Waals surface area contributed by atoms with E-state index in [4.69, 9.17) is 0 Å². The molecule has 124 valence electrons. The fourth-order valence-corrected chi connectivity index (χ4v) is 3.18. The summed E-state index contributed by atoms with van der Waals surface area (Å²) < 4.78 is 41.7. The van der Waals surface area contributed by atoms with Gasteiger partial charge >= 0.3 is 6.18 Å². The SMILES string of the molecule is CSc1ncc(-c2ccc(Br)cc2)n1-c1cccc(C(F)(F)F)c1. The summed E-state index contributed by atoms with van der Waals surface area (Å²) in [5.41, 5.74) is 1.38. The zero-order chi connectivity index (χ0) is 17.3. The molecular formula is C17H12BrF3N2S. The van der Waals surface area contributed by atoms with E-state index >= 15 is 0 Å². The van der Waals surface area contributed by atoms with E-state index in [-0.39, 0.29) is 0 Å². The van der Waals surface area contributed by atoms with Crippen molar-refractivity contribution in [3.05, 3.63) is 64.8 Å².